The Balaban J connectivity index is 1.00. The first-order chi connectivity index (χ1) is 19.6. The fourth-order valence-corrected chi connectivity index (χ4v) is 5.42. The van der Waals surface area contributed by atoms with Gasteiger partial charge in [-0.2, -0.15) is 0 Å². The maximum Gasteiger partial charge on any atom is 0.239 e. The van der Waals surface area contributed by atoms with Crippen LogP contribution >= 0.6 is 0 Å². The highest BCUT2D eigenvalue weighted by atomic mass is 16.5. The molecule has 0 radical (unpaired) electrons. The van der Waals surface area contributed by atoms with E-state index < -0.39 is 0 Å². The summed E-state index contributed by atoms with van der Waals surface area (Å²) < 4.78 is 12.1. The molecule has 1 fully saturated rings. The number of aryl methyl sites for hydroxylation is 1. The number of nitrogens with one attached hydrogen (secondary N) is 2. The van der Waals surface area contributed by atoms with Gasteiger partial charge in [0.1, 0.15) is 29.5 Å². The summed E-state index contributed by atoms with van der Waals surface area (Å²) in [7, 11) is 0. The van der Waals surface area contributed by atoms with Gasteiger partial charge >= 0.3 is 0 Å². The van der Waals surface area contributed by atoms with Crippen molar-refractivity contribution < 1.29 is 14.3 Å². The molecule has 4 aromatic rings. The van der Waals surface area contributed by atoms with Crippen molar-refractivity contribution in [2.45, 2.75) is 32.6 Å². The first kappa shape index (κ1) is 26.0. The molecule has 2 aliphatic rings. The topological polar surface area (TPSA) is 105 Å². The molecule has 0 saturated carbocycles. The van der Waals surface area contributed by atoms with E-state index in [9.17, 15) is 4.79 Å². The zero-order valence-corrected chi connectivity index (χ0v) is 22.7. The number of fused-ring (bicyclic) bond motifs is 1. The Bertz CT molecular complexity index is 1450. The number of nitrogens with zero attached hydrogens (tertiary/aromatic N) is 4. The molecule has 2 aliphatic heterocycles. The van der Waals surface area contributed by atoms with Crippen LogP contribution in [0.1, 0.15) is 31.2 Å². The van der Waals surface area contributed by atoms with Crippen LogP contribution in [-0.2, 0) is 17.6 Å². The number of carbonyl (C=O) groups is 1. The molecule has 1 atom stereocenters. The fourth-order valence-electron chi connectivity index (χ4n) is 5.42. The molecule has 2 aromatic carbocycles. The highest BCUT2D eigenvalue weighted by Crippen LogP contribution is 2.34. The summed E-state index contributed by atoms with van der Waals surface area (Å²) in [5.74, 6) is 4.40. The van der Waals surface area contributed by atoms with Crippen LogP contribution in [0, 0.1) is 11.8 Å². The number of aromatic nitrogens is 4. The number of amides is 1. The van der Waals surface area contributed by atoms with Gasteiger partial charge in [-0.25, -0.2) is 15.0 Å². The molecular weight excluding hydrogens is 504 g/mol. The molecule has 1 unspecified atom stereocenters. The van der Waals surface area contributed by atoms with Crippen molar-refractivity contribution in [3.63, 3.8) is 0 Å². The summed E-state index contributed by atoms with van der Waals surface area (Å²) >= 11 is 0. The van der Waals surface area contributed by atoms with Crippen molar-refractivity contribution in [1.82, 2.24) is 24.8 Å². The monoisotopic (exact) mass is 538 g/mol. The Hall–Kier alpha value is -4.24. The average Bonchev–Trinajstić information content (AvgIpc) is 3.42. The fraction of sp³-hybridized carbons (Fsp3) is 0.355. The predicted molar refractivity (Wildman–Crippen MR) is 152 cm³/mol. The maximum atomic E-state index is 12.3. The minimum absolute atomic E-state index is 0.0859. The van der Waals surface area contributed by atoms with Gasteiger partial charge in [-0.15, -0.1) is 0 Å². The quantitative estimate of drug-likeness (QED) is 0.289. The second kappa shape index (κ2) is 11.9. The van der Waals surface area contributed by atoms with Gasteiger partial charge in [-0.05, 0) is 60.4 Å². The molecule has 206 valence electrons. The van der Waals surface area contributed by atoms with E-state index in [1.54, 1.807) is 6.07 Å². The molecule has 9 nitrogen and oxygen atoms in total. The number of hydrogen-bond acceptors (Lipinski definition) is 7. The number of imidazole rings is 1. The number of carbonyl (C=O) groups excluding carboxylic acids is 1. The van der Waals surface area contributed by atoms with Gasteiger partial charge in [0.15, 0.2) is 0 Å². The van der Waals surface area contributed by atoms with E-state index in [-0.39, 0.29) is 5.91 Å². The number of likely N-dealkylation sites (tertiary alicyclic amines) is 1. The van der Waals surface area contributed by atoms with Gasteiger partial charge in [0.25, 0.3) is 0 Å². The van der Waals surface area contributed by atoms with Crippen LogP contribution in [0.15, 0.2) is 67.1 Å². The van der Waals surface area contributed by atoms with Crippen LogP contribution in [0.2, 0.25) is 0 Å². The summed E-state index contributed by atoms with van der Waals surface area (Å²) in [6.07, 6.45) is 7.23. The van der Waals surface area contributed by atoms with Crippen molar-refractivity contribution in [1.29, 1.82) is 0 Å². The lowest BCUT2D eigenvalue weighted by Crippen LogP contribution is -2.48. The lowest BCUT2D eigenvalue weighted by molar-refractivity contribution is -0.118. The van der Waals surface area contributed by atoms with Crippen LogP contribution in [-0.4, -0.2) is 57.0 Å². The van der Waals surface area contributed by atoms with E-state index in [1.807, 2.05) is 42.6 Å². The first-order valence-electron chi connectivity index (χ1n) is 13.9. The number of aromatic amines is 1. The van der Waals surface area contributed by atoms with Gasteiger partial charge in [-0.3, -0.25) is 9.69 Å². The molecule has 2 N–H and O–H groups in total. The van der Waals surface area contributed by atoms with Gasteiger partial charge in [0, 0.05) is 25.6 Å². The number of benzene rings is 2. The molecule has 1 amide bonds. The van der Waals surface area contributed by atoms with Gasteiger partial charge in [0.05, 0.1) is 25.0 Å². The molecule has 40 heavy (non-hydrogen) atoms. The molecule has 0 bridgehead atoms. The summed E-state index contributed by atoms with van der Waals surface area (Å²) in [6, 6.07) is 17.8. The van der Waals surface area contributed by atoms with Crippen molar-refractivity contribution in [3.05, 3.63) is 78.5 Å². The van der Waals surface area contributed by atoms with E-state index in [0.717, 1.165) is 67.2 Å². The smallest absolute Gasteiger partial charge is 0.239 e. The molecule has 6 rings (SSSR count). The Morgan fingerprint density at radius 2 is 2.00 bits per heavy atom. The zero-order valence-electron chi connectivity index (χ0n) is 22.7. The average molecular weight is 539 g/mol. The molecule has 0 aliphatic carbocycles. The second-order valence-electron chi connectivity index (χ2n) is 10.8. The number of anilines is 1. The van der Waals surface area contributed by atoms with Crippen LogP contribution in [0.25, 0.3) is 11.3 Å². The molecule has 9 heteroatoms. The second-order valence-corrected chi connectivity index (χ2v) is 10.8. The van der Waals surface area contributed by atoms with Crippen molar-refractivity contribution in [2.75, 3.05) is 31.6 Å². The first-order valence-corrected chi connectivity index (χ1v) is 13.9. The third kappa shape index (κ3) is 6.48. The number of hydrogen-bond donors (Lipinski definition) is 2. The molecule has 1 saturated heterocycles. The largest absolute Gasteiger partial charge is 0.493 e. The van der Waals surface area contributed by atoms with Gasteiger partial charge < -0.3 is 19.8 Å². The third-order valence-electron chi connectivity index (χ3n) is 7.39. The van der Waals surface area contributed by atoms with E-state index in [0.29, 0.717) is 42.4 Å². The summed E-state index contributed by atoms with van der Waals surface area (Å²) in [4.78, 5) is 30.8. The van der Waals surface area contributed by atoms with E-state index >= 15 is 0 Å². The Morgan fingerprint density at radius 3 is 2.85 bits per heavy atom. The molecular formula is C31H34N6O3. The number of rotatable bonds is 10. The van der Waals surface area contributed by atoms with Crippen molar-refractivity contribution in [2.24, 2.45) is 11.8 Å². The Kier molecular flexibility index (Phi) is 7.72. The standard InChI is InChI=1S/C31H34N6O3/c1-21-16-37(17-21)18-30(38)36-29-14-31(34-20-33-29)40-25-10-11-27-24(13-25)12-22(19-39-27)6-5-9-28-32-15-26(35-28)23-7-3-2-4-8-23/h2-4,7-8,10-11,13-15,20-22H,5-6,9,12,16-19H2,1H3,(H,32,35)(H,33,34,36,38). The van der Waals surface area contributed by atoms with Crippen molar-refractivity contribution >= 4 is 11.7 Å². The van der Waals surface area contributed by atoms with Gasteiger partial charge in [0.2, 0.25) is 11.8 Å². The lowest BCUT2D eigenvalue weighted by atomic mass is 9.92. The normalized spacial score (nSPS) is 17.0. The minimum Gasteiger partial charge on any atom is -0.493 e. The van der Waals surface area contributed by atoms with Crippen molar-refractivity contribution in [3.8, 4) is 28.6 Å². The summed E-state index contributed by atoms with van der Waals surface area (Å²) in [5.41, 5.74) is 3.33. The van der Waals surface area contributed by atoms with Crippen LogP contribution in [0.4, 0.5) is 5.82 Å². The van der Waals surface area contributed by atoms with E-state index in [4.69, 9.17) is 9.47 Å². The lowest BCUT2D eigenvalue weighted by Gasteiger charge is -2.36. The Labute approximate surface area is 234 Å². The highest BCUT2D eigenvalue weighted by molar-refractivity contribution is 5.91. The highest BCUT2D eigenvalue weighted by Gasteiger charge is 2.24. The predicted octanol–water partition coefficient (Wildman–Crippen LogP) is 5.12. The molecule has 2 aromatic heterocycles. The maximum absolute atomic E-state index is 12.3. The van der Waals surface area contributed by atoms with E-state index in [1.165, 1.54) is 6.33 Å². The van der Waals surface area contributed by atoms with Crippen LogP contribution < -0.4 is 14.8 Å². The molecule has 4 heterocycles. The molecule has 0 spiro atoms. The van der Waals surface area contributed by atoms with Gasteiger partial charge in [-0.1, -0.05) is 37.3 Å². The SMILES string of the molecule is CC1CN(CC(=O)Nc2cc(Oc3ccc4c(c3)CC(CCCc3ncc(-c5ccccc5)[nH]3)CO4)ncn2)C1. The van der Waals surface area contributed by atoms with E-state index in [2.05, 4.69) is 49.2 Å². The summed E-state index contributed by atoms with van der Waals surface area (Å²) in [5, 5.41) is 2.84. The zero-order chi connectivity index (χ0) is 27.3. The van der Waals surface area contributed by atoms with Crippen LogP contribution in [0.3, 0.4) is 0 Å². The Morgan fingerprint density at radius 1 is 1.12 bits per heavy atom. The summed E-state index contributed by atoms with van der Waals surface area (Å²) in [6.45, 7) is 5.17. The van der Waals surface area contributed by atoms with Crippen LogP contribution in [0.5, 0.6) is 17.4 Å². The number of ether oxygens (including phenoxy) is 2. The number of H-pyrrole nitrogens is 1. The third-order valence-corrected chi connectivity index (χ3v) is 7.39. The minimum atomic E-state index is -0.0859.